The fourth-order valence-electron chi connectivity index (χ4n) is 1.71. The van der Waals surface area contributed by atoms with E-state index in [4.69, 9.17) is 21.1 Å². The summed E-state index contributed by atoms with van der Waals surface area (Å²) in [5.41, 5.74) is 0.0114. The maximum absolute atomic E-state index is 5.78. The van der Waals surface area contributed by atoms with Crippen molar-refractivity contribution < 1.29 is 9.47 Å². The molecule has 3 nitrogen and oxygen atoms in total. The van der Waals surface area contributed by atoms with E-state index < -0.39 is 0 Å². The molecule has 0 aromatic carbocycles. The van der Waals surface area contributed by atoms with Crippen LogP contribution in [0.25, 0.3) is 0 Å². The Balaban J connectivity index is 1.70. The van der Waals surface area contributed by atoms with Gasteiger partial charge in [-0.3, -0.25) is 0 Å². The first kappa shape index (κ1) is 9.71. The third-order valence-electron chi connectivity index (χ3n) is 2.71. The number of alkyl halides is 1. The molecular weight excluding hydrogens is 190 g/mol. The molecule has 1 N–H and O–H groups in total. The first-order chi connectivity index (χ1) is 6.35. The van der Waals surface area contributed by atoms with Crippen molar-refractivity contribution in [2.45, 2.75) is 24.5 Å². The van der Waals surface area contributed by atoms with Gasteiger partial charge < -0.3 is 14.8 Å². The molecule has 2 rings (SSSR count). The van der Waals surface area contributed by atoms with Crippen LogP contribution in [0.3, 0.4) is 0 Å². The molecule has 0 aromatic rings. The van der Waals surface area contributed by atoms with Crippen LogP contribution in [0.15, 0.2) is 0 Å². The second kappa shape index (κ2) is 4.13. The van der Waals surface area contributed by atoms with E-state index in [1.807, 2.05) is 0 Å². The first-order valence-corrected chi connectivity index (χ1v) is 5.40. The van der Waals surface area contributed by atoms with Crippen LogP contribution in [-0.2, 0) is 9.47 Å². The Hall–Kier alpha value is 0.170. The maximum Gasteiger partial charge on any atom is 0.116 e. The molecule has 2 aliphatic heterocycles. The summed E-state index contributed by atoms with van der Waals surface area (Å²) in [6, 6.07) is 0. The summed E-state index contributed by atoms with van der Waals surface area (Å²) in [7, 11) is 0. The predicted molar refractivity (Wildman–Crippen MR) is 51.2 cm³/mol. The van der Waals surface area contributed by atoms with E-state index in [1.54, 1.807) is 0 Å². The molecule has 76 valence electrons. The van der Waals surface area contributed by atoms with Gasteiger partial charge in [-0.05, 0) is 12.8 Å². The van der Waals surface area contributed by atoms with Crippen molar-refractivity contribution in [1.29, 1.82) is 0 Å². The Kier molecular flexibility index (Phi) is 3.09. The Morgan fingerprint density at radius 1 is 1.46 bits per heavy atom. The molecule has 1 unspecified atom stereocenters. The average Bonchev–Trinajstić information content (AvgIpc) is 2.13. The highest BCUT2D eigenvalue weighted by Gasteiger charge is 2.42. The molecule has 0 bridgehead atoms. The largest absolute Gasteiger partial charge is 0.373 e. The molecule has 2 aliphatic rings. The quantitative estimate of drug-likeness (QED) is 0.691. The Morgan fingerprint density at radius 2 is 2.31 bits per heavy atom. The van der Waals surface area contributed by atoms with Crippen LogP contribution in [-0.4, -0.2) is 43.9 Å². The van der Waals surface area contributed by atoms with Gasteiger partial charge >= 0.3 is 0 Å². The van der Waals surface area contributed by atoms with Gasteiger partial charge in [0.2, 0.25) is 0 Å². The second-order valence-electron chi connectivity index (χ2n) is 3.86. The van der Waals surface area contributed by atoms with Gasteiger partial charge in [0.05, 0.1) is 19.3 Å². The molecule has 1 atom stereocenters. The standard InChI is InChI=1S/C9H16ClNO2/c10-3-1-2-8-4-13-9(7-12-8)5-11-6-9/h8,11H,1-7H2. The summed E-state index contributed by atoms with van der Waals surface area (Å²) < 4.78 is 11.5. The highest BCUT2D eigenvalue weighted by atomic mass is 35.5. The van der Waals surface area contributed by atoms with E-state index in [0.29, 0.717) is 5.88 Å². The summed E-state index contributed by atoms with van der Waals surface area (Å²) in [4.78, 5) is 0. The van der Waals surface area contributed by atoms with Crippen molar-refractivity contribution in [3.63, 3.8) is 0 Å². The van der Waals surface area contributed by atoms with Crippen molar-refractivity contribution in [2.75, 3.05) is 32.2 Å². The zero-order chi connectivity index (χ0) is 9.15. The van der Waals surface area contributed by atoms with Crippen molar-refractivity contribution in [3.05, 3.63) is 0 Å². The van der Waals surface area contributed by atoms with E-state index in [0.717, 1.165) is 39.1 Å². The van der Waals surface area contributed by atoms with Crippen LogP contribution in [0.5, 0.6) is 0 Å². The summed E-state index contributed by atoms with van der Waals surface area (Å²) in [6.07, 6.45) is 2.30. The minimum absolute atomic E-state index is 0.0114. The molecule has 13 heavy (non-hydrogen) atoms. The van der Waals surface area contributed by atoms with Crippen LogP contribution in [0.1, 0.15) is 12.8 Å². The van der Waals surface area contributed by atoms with E-state index in [2.05, 4.69) is 5.32 Å². The molecule has 4 heteroatoms. The zero-order valence-electron chi connectivity index (χ0n) is 7.72. The fourth-order valence-corrected chi connectivity index (χ4v) is 1.86. The number of nitrogens with one attached hydrogen (secondary N) is 1. The number of rotatable bonds is 3. The van der Waals surface area contributed by atoms with E-state index in [1.165, 1.54) is 0 Å². The Labute approximate surface area is 83.7 Å². The summed E-state index contributed by atoms with van der Waals surface area (Å²) >= 11 is 5.61. The SMILES string of the molecule is ClCCCC1COC2(CNC2)CO1. The lowest BCUT2D eigenvalue weighted by atomic mass is 9.96. The second-order valence-corrected chi connectivity index (χ2v) is 4.24. The lowest BCUT2D eigenvalue weighted by molar-refractivity contribution is -0.208. The Morgan fingerprint density at radius 3 is 2.77 bits per heavy atom. The Bertz CT molecular complexity index is 163. The molecule has 0 aromatic heterocycles. The smallest absolute Gasteiger partial charge is 0.116 e. The van der Waals surface area contributed by atoms with Crippen LogP contribution in [0.2, 0.25) is 0 Å². The van der Waals surface area contributed by atoms with Crippen molar-refractivity contribution >= 4 is 11.6 Å². The van der Waals surface area contributed by atoms with E-state index >= 15 is 0 Å². The van der Waals surface area contributed by atoms with Crippen LogP contribution < -0.4 is 5.32 Å². The molecule has 2 heterocycles. The van der Waals surface area contributed by atoms with Crippen LogP contribution in [0.4, 0.5) is 0 Å². The van der Waals surface area contributed by atoms with Crippen LogP contribution >= 0.6 is 11.6 Å². The van der Waals surface area contributed by atoms with Gasteiger partial charge in [0, 0.05) is 19.0 Å². The molecule has 0 radical (unpaired) electrons. The normalized spacial score (nSPS) is 31.6. The van der Waals surface area contributed by atoms with Gasteiger partial charge in [-0.15, -0.1) is 11.6 Å². The van der Waals surface area contributed by atoms with Gasteiger partial charge in [0.1, 0.15) is 5.60 Å². The zero-order valence-corrected chi connectivity index (χ0v) is 8.48. The minimum Gasteiger partial charge on any atom is -0.373 e. The summed E-state index contributed by atoms with van der Waals surface area (Å²) in [6.45, 7) is 3.36. The highest BCUT2D eigenvalue weighted by molar-refractivity contribution is 6.17. The maximum atomic E-state index is 5.78. The summed E-state index contributed by atoms with van der Waals surface area (Å²) in [5.74, 6) is 0.715. The molecule has 2 fully saturated rings. The molecule has 0 saturated carbocycles. The van der Waals surface area contributed by atoms with Crippen molar-refractivity contribution in [1.82, 2.24) is 5.32 Å². The monoisotopic (exact) mass is 205 g/mol. The molecule has 0 amide bonds. The van der Waals surface area contributed by atoms with Gasteiger partial charge in [-0.25, -0.2) is 0 Å². The third-order valence-corrected chi connectivity index (χ3v) is 2.98. The van der Waals surface area contributed by atoms with Gasteiger partial charge in [0.15, 0.2) is 0 Å². The number of hydrogen-bond acceptors (Lipinski definition) is 3. The van der Waals surface area contributed by atoms with E-state index in [9.17, 15) is 0 Å². The third kappa shape index (κ3) is 2.15. The average molecular weight is 206 g/mol. The lowest BCUT2D eigenvalue weighted by Gasteiger charge is -2.46. The van der Waals surface area contributed by atoms with Crippen molar-refractivity contribution in [3.8, 4) is 0 Å². The highest BCUT2D eigenvalue weighted by Crippen LogP contribution is 2.24. The van der Waals surface area contributed by atoms with Gasteiger partial charge in [0.25, 0.3) is 0 Å². The lowest BCUT2D eigenvalue weighted by Crippen LogP contribution is -2.66. The topological polar surface area (TPSA) is 30.5 Å². The first-order valence-electron chi connectivity index (χ1n) is 4.87. The fraction of sp³-hybridized carbons (Fsp3) is 1.00. The number of hydrogen-bond donors (Lipinski definition) is 1. The van der Waals surface area contributed by atoms with Gasteiger partial charge in [-0.1, -0.05) is 0 Å². The molecule has 1 spiro atoms. The van der Waals surface area contributed by atoms with Crippen LogP contribution in [0, 0.1) is 0 Å². The van der Waals surface area contributed by atoms with Crippen molar-refractivity contribution in [2.24, 2.45) is 0 Å². The predicted octanol–water partition coefficient (Wildman–Crippen LogP) is 0.763. The molecular formula is C9H16ClNO2. The minimum atomic E-state index is 0.0114. The molecule has 0 aliphatic carbocycles. The van der Waals surface area contributed by atoms with Gasteiger partial charge in [-0.2, -0.15) is 0 Å². The number of halogens is 1. The number of ether oxygens (including phenoxy) is 2. The van der Waals surface area contributed by atoms with E-state index in [-0.39, 0.29) is 11.7 Å². The summed E-state index contributed by atoms with van der Waals surface area (Å²) in [5, 5.41) is 3.20. The molecule has 2 saturated heterocycles.